The van der Waals surface area contributed by atoms with Crippen LogP contribution in [0.1, 0.15) is 32.7 Å². The van der Waals surface area contributed by atoms with Crippen molar-refractivity contribution in [1.82, 2.24) is 5.01 Å². The lowest BCUT2D eigenvalue weighted by Crippen LogP contribution is -2.47. The molecule has 27 heavy (non-hydrogen) atoms. The number of imide groups is 1. The maximum atomic E-state index is 12.9. The molecule has 4 nitrogen and oxygen atoms in total. The SMILES string of the molecule is O=C1c2ccccc2C(=O)N1N(CCCc1ccccc1)c1ccccc1. The van der Waals surface area contributed by atoms with Gasteiger partial charge in [0.15, 0.2) is 0 Å². The lowest BCUT2D eigenvalue weighted by Gasteiger charge is -2.32. The Kier molecular flexibility index (Phi) is 4.71. The molecule has 4 heteroatoms. The number of aryl methyl sites for hydroxylation is 1. The Morgan fingerprint density at radius 2 is 1.19 bits per heavy atom. The molecule has 0 aliphatic carbocycles. The lowest BCUT2D eigenvalue weighted by atomic mass is 10.1. The number of amides is 2. The van der Waals surface area contributed by atoms with Gasteiger partial charge < -0.3 is 0 Å². The van der Waals surface area contributed by atoms with Crippen molar-refractivity contribution < 1.29 is 9.59 Å². The molecule has 0 radical (unpaired) electrons. The van der Waals surface area contributed by atoms with Gasteiger partial charge in [-0.15, -0.1) is 0 Å². The van der Waals surface area contributed by atoms with E-state index in [2.05, 4.69) is 12.1 Å². The van der Waals surface area contributed by atoms with Gasteiger partial charge in [0.2, 0.25) is 0 Å². The van der Waals surface area contributed by atoms with Gasteiger partial charge in [-0.05, 0) is 42.7 Å². The minimum absolute atomic E-state index is 0.265. The second-order valence-electron chi connectivity index (χ2n) is 6.52. The average molecular weight is 356 g/mol. The van der Waals surface area contributed by atoms with Gasteiger partial charge in [0.05, 0.1) is 16.8 Å². The first kappa shape index (κ1) is 17.0. The fraction of sp³-hybridized carbons (Fsp3) is 0.130. The van der Waals surface area contributed by atoms with Crippen molar-refractivity contribution in [2.45, 2.75) is 12.8 Å². The van der Waals surface area contributed by atoms with E-state index in [4.69, 9.17) is 0 Å². The van der Waals surface area contributed by atoms with Crippen LogP contribution >= 0.6 is 0 Å². The highest BCUT2D eigenvalue weighted by Crippen LogP contribution is 2.27. The van der Waals surface area contributed by atoms with E-state index in [-0.39, 0.29) is 11.8 Å². The van der Waals surface area contributed by atoms with Crippen LogP contribution in [0, 0.1) is 0 Å². The van der Waals surface area contributed by atoms with E-state index in [1.165, 1.54) is 10.6 Å². The first-order valence-corrected chi connectivity index (χ1v) is 9.10. The van der Waals surface area contributed by atoms with Crippen molar-refractivity contribution in [2.24, 2.45) is 0 Å². The van der Waals surface area contributed by atoms with E-state index in [9.17, 15) is 9.59 Å². The molecule has 0 N–H and O–H groups in total. The Labute approximate surface area is 158 Å². The molecule has 1 aliphatic heterocycles. The summed E-state index contributed by atoms with van der Waals surface area (Å²) in [4.78, 5) is 25.8. The number of hydrogen-bond donors (Lipinski definition) is 0. The molecule has 3 aromatic rings. The molecular weight excluding hydrogens is 336 g/mol. The minimum Gasteiger partial charge on any atom is -0.275 e. The van der Waals surface area contributed by atoms with Crippen LogP contribution in [0.4, 0.5) is 5.69 Å². The van der Waals surface area contributed by atoms with Crippen LogP contribution in [0.3, 0.4) is 0 Å². The highest BCUT2D eigenvalue weighted by Gasteiger charge is 2.39. The Hall–Kier alpha value is -3.40. The van der Waals surface area contributed by atoms with Crippen molar-refractivity contribution in [1.29, 1.82) is 0 Å². The molecule has 0 spiro atoms. The van der Waals surface area contributed by atoms with E-state index in [0.717, 1.165) is 18.5 Å². The number of fused-ring (bicyclic) bond motifs is 1. The van der Waals surface area contributed by atoms with Crippen molar-refractivity contribution in [2.75, 3.05) is 11.6 Å². The second kappa shape index (κ2) is 7.46. The molecule has 0 atom stereocenters. The van der Waals surface area contributed by atoms with Crippen LogP contribution < -0.4 is 5.01 Å². The van der Waals surface area contributed by atoms with Crippen LogP contribution in [0.2, 0.25) is 0 Å². The summed E-state index contributed by atoms with van der Waals surface area (Å²) in [7, 11) is 0. The molecule has 0 saturated carbocycles. The summed E-state index contributed by atoms with van der Waals surface area (Å²) in [6.07, 6.45) is 1.71. The van der Waals surface area contributed by atoms with Gasteiger partial charge in [0.25, 0.3) is 11.8 Å². The van der Waals surface area contributed by atoms with Gasteiger partial charge in [-0.25, -0.2) is 0 Å². The zero-order valence-electron chi connectivity index (χ0n) is 14.9. The summed E-state index contributed by atoms with van der Waals surface area (Å²) in [6, 6.07) is 26.8. The quantitative estimate of drug-likeness (QED) is 0.617. The van der Waals surface area contributed by atoms with E-state index in [0.29, 0.717) is 17.7 Å². The number of hydrazine groups is 1. The number of carbonyl (C=O) groups is 2. The smallest absolute Gasteiger partial charge is 0.275 e. The summed E-state index contributed by atoms with van der Waals surface area (Å²) in [5.74, 6) is -0.529. The molecule has 0 saturated heterocycles. The topological polar surface area (TPSA) is 40.6 Å². The van der Waals surface area contributed by atoms with Gasteiger partial charge in [0.1, 0.15) is 0 Å². The summed E-state index contributed by atoms with van der Waals surface area (Å²) >= 11 is 0. The maximum absolute atomic E-state index is 12.9. The molecule has 0 aromatic heterocycles. The largest absolute Gasteiger partial charge is 0.280 e. The molecule has 0 bridgehead atoms. The number of carbonyl (C=O) groups excluding carboxylic acids is 2. The summed E-state index contributed by atoms with van der Waals surface area (Å²) < 4.78 is 0. The van der Waals surface area contributed by atoms with Gasteiger partial charge in [-0.1, -0.05) is 60.7 Å². The van der Waals surface area contributed by atoms with Crippen LogP contribution in [0.15, 0.2) is 84.9 Å². The van der Waals surface area contributed by atoms with Crippen molar-refractivity contribution in [3.8, 4) is 0 Å². The van der Waals surface area contributed by atoms with Gasteiger partial charge in [-0.2, -0.15) is 5.01 Å². The Morgan fingerprint density at radius 3 is 1.78 bits per heavy atom. The molecule has 0 fully saturated rings. The number of anilines is 1. The Balaban J connectivity index is 1.59. The van der Waals surface area contributed by atoms with Crippen LogP contribution in [0.25, 0.3) is 0 Å². The number of hydrogen-bond acceptors (Lipinski definition) is 3. The monoisotopic (exact) mass is 356 g/mol. The normalized spacial score (nSPS) is 13.0. The number of rotatable bonds is 6. The van der Waals surface area contributed by atoms with Crippen molar-refractivity contribution >= 4 is 17.5 Å². The molecule has 1 heterocycles. The van der Waals surface area contributed by atoms with E-state index in [1.807, 2.05) is 48.5 Å². The van der Waals surface area contributed by atoms with E-state index in [1.54, 1.807) is 29.3 Å². The molecule has 1 aliphatic rings. The fourth-order valence-corrected chi connectivity index (χ4v) is 3.42. The molecule has 134 valence electrons. The number of para-hydroxylation sites is 1. The fourth-order valence-electron chi connectivity index (χ4n) is 3.42. The highest BCUT2D eigenvalue weighted by atomic mass is 16.2. The Bertz CT molecular complexity index is 919. The molecule has 2 amide bonds. The molecule has 0 unspecified atom stereocenters. The summed E-state index contributed by atoms with van der Waals surface area (Å²) in [6.45, 7) is 0.574. The van der Waals surface area contributed by atoms with Gasteiger partial charge >= 0.3 is 0 Å². The minimum atomic E-state index is -0.265. The lowest BCUT2D eigenvalue weighted by molar-refractivity contribution is 0.0633. The third-order valence-electron chi connectivity index (χ3n) is 4.75. The summed E-state index contributed by atoms with van der Waals surface area (Å²) in [5, 5.41) is 3.08. The Morgan fingerprint density at radius 1 is 0.667 bits per heavy atom. The van der Waals surface area contributed by atoms with Crippen LogP contribution in [-0.4, -0.2) is 23.4 Å². The number of benzene rings is 3. The zero-order valence-corrected chi connectivity index (χ0v) is 14.9. The van der Waals surface area contributed by atoms with Gasteiger partial charge in [-0.3, -0.25) is 14.6 Å². The van der Waals surface area contributed by atoms with Gasteiger partial charge in [0, 0.05) is 6.54 Å². The maximum Gasteiger partial charge on any atom is 0.280 e. The van der Waals surface area contributed by atoms with Crippen molar-refractivity contribution in [3.63, 3.8) is 0 Å². The second-order valence-corrected chi connectivity index (χ2v) is 6.52. The van der Waals surface area contributed by atoms with Crippen LogP contribution in [0.5, 0.6) is 0 Å². The first-order valence-electron chi connectivity index (χ1n) is 9.10. The zero-order chi connectivity index (χ0) is 18.6. The molecular formula is C23H20N2O2. The average Bonchev–Trinajstić information content (AvgIpc) is 2.98. The third-order valence-corrected chi connectivity index (χ3v) is 4.75. The predicted molar refractivity (Wildman–Crippen MR) is 105 cm³/mol. The first-order chi connectivity index (χ1) is 13.3. The summed E-state index contributed by atoms with van der Waals surface area (Å²) in [5.41, 5.74) is 3.01. The van der Waals surface area contributed by atoms with E-state index < -0.39 is 0 Å². The number of nitrogens with zero attached hydrogens (tertiary/aromatic N) is 2. The molecule has 4 rings (SSSR count). The standard InChI is InChI=1S/C23H20N2O2/c26-22-20-15-7-8-16-21(20)23(27)25(22)24(19-13-5-2-6-14-19)17-9-12-18-10-3-1-4-11-18/h1-8,10-11,13-16H,9,12,17H2. The van der Waals surface area contributed by atoms with E-state index >= 15 is 0 Å². The predicted octanol–water partition coefficient (Wildman–Crippen LogP) is 4.34. The van der Waals surface area contributed by atoms with Crippen molar-refractivity contribution in [3.05, 3.63) is 102 Å². The molecule has 3 aromatic carbocycles. The highest BCUT2D eigenvalue weighted by molar-refractivity contribution is 6.22. The third kappa shape index (κ3) is 3.34. The van der Waals surface area contributed by atoms with Crippen LogP contribution in [-0.2, 0) is 6.42 Å².